The summed E-state index contributed by atoms with van der Waals surface area (Å²) in [5, 5.41) is 9.21. The van der Waals surface area contributed by atoms with E-state index in [-0.39, 0.29) is 0 Å². The molecule has 0 aliphatic heterocycles. The number of hydrogen-bond donors (Lipinski definition) is 2. The van der Waals surface area contributed by atoms with Gasteiger partial charge in [-0.15, -0.1) is 0 Å². The molecule has 18 heavy (non-hydrogen) atoms. The molecule has 1 aromatic carbocycles. The van der Waals surface area contributed by atoms with Crippen LogP contribution in [0, 0.1) is 19.3 Å². The molecular formula is C14H21NO3. The van der Waals surface area contributed by atoms with Gasteiger partial charge in [0, 0.05) is 6.04 Å². The summed E-state index contributed by atoms with van der Waals surface area (Å²) in [5.41, 5.74) is 7.82. The molecule has 0 saturated heterocycles. The van der Waals surface area contributed by atoms with E-state index in [1.54, 1.807) is 21.0 Å². The van der Waals surface area contributed by atoms with Gasteiger partial charge in [0.15, 0.2) is 0 Å². The average molecular weight is 251 g/mol. The summed E-state index contributed by atoms with van der Waals surface area (Å²) in [6.07, 6.45) is 0. The van der Waals surface area contributed by atoms with Crippen molar-refractivity contribution in [2.24, 2.45) is 11.1 Å². The van der Waals surface area contributed by atoms with E-state index in [1.807, 2.05) is 26.0 Å². The second-order valence-electron chi connectivity index (χ2n) is 5.19. The van der Waals surface area contributed by atoms with Crippen molar-refractivity contribution in [2.45, 2.75) is 33.7 Å². The Kier molecular flexibility index (Phi) is 4.02. The van der Waals surface area contributed by atoms with Crippen molar-refractivity contribution in [3.8, 4) is 5.75 Å². The van der Waals surface area contributed by atoms with Crippen molar-refractivity contribution in [3.63, 3.8) is 0 Å². The van der Waals surface area contributed by atoms with E-state index >= 15 is 0 Å². The summed E-state index contributed by atoms with van der Waals surface area (Å²) >= 11 is 0. The molecule has 0 radical (unpaired) electrons. The average Bonchev–Trinajstić information content (AvgIpc) is 2.27. The van der Waals surface area contributed by atoms with Crippen molar-refractivity contribution in [1.82, 2.24) is 0 Å². The predicted octanol–water partition coefficient (Wildman–Crippen LogP) is 2.42. The van der Waals surface area contributed by atoms with Crippen molar-refractivity contribution in [1.29, 1.82) is 0 Å². The number of carboxylic acid groups (broad SMARTS) is 1. The van der Waals surface area contributed by atoms with E-state index in [2.05, 4.69) is 0 Å². The van der Waals surface area contributed by atoms with E-state index in [4.69, 9.17) is 10.5 Å². The fourth-order valence-electron chi connectivity index (χ4n) is 2.03. The molecule has 0 spiro atoms. The fraction of sp³-hybridized carbons (Fsp3) is 0.500. The Balaban J connectivity index is 3.23. The minimum absolute atomic E-state index is 0.557. The Labute approximate surface area is 108 Å². The van der Waals surface area contributed by atoms with Gasteiger partial charge in [-0.2, -0.15) is 0 Å². The first-order chi connectivity index (χ1) is 8.21. The molecule has 0 aliphatic rings. The molecule has 1 unspecified atom stereocenters. The monoisotopic (exact) mass is 251 g/mol. The lowest BCUT2D eigenvalue weighted by Crippen LogP contribution is -2.36. The van der Waals surface area contributed by atoms with Gasteiger partial charge >= 0.3 is 5.97 Å². The third-order valence-electron chi connectivity index (χ3n) is 3.37. The minimum atomic E-state index is -1.01. The molecule has 0 heterocycles. The first kappa shape index (κ1) is 14.5. The van der Waals surface area contributed by atoms with Crippen LogP contribution in [0.25, 0.3) is 0 Å². The number of methoxy groups -OCH3 is 1. The Morgan fingerprint density at radius 3 is 2.11 bits per heavy atom. The van der Waals surface area contributed by atoms with E-state index < -0.39 is 17.4 Å². The first-order valence-corrected chi connectivity index (χ1v) is 5.86. The van der Waals surface area contributed by atoms with Crippen LogP contribution < -0.4 is 10.5 Å². The van der Waals surface area contributed by atoms with E-state index in [0.717, 1.165) is 22.4 Å². The topological polar surface area (TPSA) is 72.5 Å². The van der Waals surface area contributed by atoms with Crippen LogP contribution in [0.15, 0.2) is 12.1 Å². The number of aliphatic carboxylic acids is 1. The second-order valence-corrected chi connectivity index (χ2v) is 5.19. The molecule has 0 aromatic heterocycles. The van der Waals surface area contributed by atoms with Crippen molar-refractivity contribution in [2.75, 3.05) is 7.11 Å². The van der Waals surface area contributed by atoms with Gasteiger partial charge in [0.2, 0.25) is 0 Å². The number of ether oxygens (including phenoxy) is 1. The third-order valence-corrected chi connectivity index (χ3v) is 3.37. The zero-order valence-corrected chi connectivity index (χ0v) is 11.6. The van der Waals surface area contributed by atoms with Gasteiger partial charge in [-0.3, -0.25) is 4.79 Å². The van der Waals surface area contributed by atoms with Crippen LogP contribution in [0.3, 0.4) is 0 Å². The highest BCUT2D eigenvalue weighted by Crippen LogP contribution is 2.35. The van der Waals surface area contributed by atoms with Crippen molar-refractivity contribution < 1.29 is 14.6 Å². The molecule has 1 aromatic rings. The van der Waals surface area contributed by atoms with Gasteiger partial charge in [-0.1, -0.05) is 12.1 Å². The fourth-order valence-corrected chi connectivity index (χ4v) is 2.03. The van der Waals surface area contributed by atoms with Crippen LogP contribution in [-0.4, -0.2) is 18.2 Å². The Hall–Kier alpha value is -1.55. The van der Waals surface area contributed by atoms with Gasteiger partial charge in [0.1, 0.15) is 5.75 Å². The third kappa shape index (κ3) is 2.48. The van der Waals surface area contributed by atoms with Crippen LogP contribution >= 0.6 is 0 Å². The molecule has 1 atom stereocenters. The summed E-state index contributed by atoms with van der Waals surface area (Å²) < 4.78 is 5.29. The number of carboxylic acids is 1. The number of carbonyl (C=O) groups is 1. The molecule has 4 nitrogen and oxygen atoms in total. The molecule has 0 amide bonds. The van der Waals surface area contributed by atoms with Crippen LogP contribution in [0.1, 0.15) is 36.6 Å². The SMILES string of the molecule is COc1c(C)cc(C(N)C(C)(C)C(=O)O)cc1C. The van der Waals surface area contributed by atoms with E-state index in [9.17, 15) is 9.90 Å². The zero-order chi connectivity index (χ0) is 14.1. The molecule has 0 aliphatic carbocycles. The van der Waals surface area contributed by atoms with Gasteiger partial charge < -0.3 is 15.6 Å². The van der Waals surface area contributed by atoms with E-state index in [1.165, 1.54) is 0 Å². The van der Waals surface area contributed by atoms with Crippen LogP contribution in [0.4, 0.5) is 0 Å². The standard InChI is InChI=1S/C14H21NO3/c1-8-6-10(7-9(2)11(8)18-5)12(15)14(3,4)13(16)17/h6-7,12H,15H2,1-5H3,(H,16,17). The Morgan fingerprint density at radius 2 is 1.78 bits per heavy atom. The Morgan fingerprint density at radius 1 is 1.33 bits per heavy atom. The van der Waals surface area contributed by atoms with Crippen LogP contribution in [-0.2, 0) is 4.79 Å². The molecule has 0 saturated carbocycles. The maximum absolute atomic E-state index is 11.2. The lowest BCUT2D eigenvalue weighted by atomic mass is 9.80. The zero-order valence-electron chi connectivity index (χ0n) is 11.6. The quantitative estimate of drug-likeness (QED) is 0.862. The van der Waals surface area contributed by atoms with Gasteiger partial charge in [-0.25, -0.2) is 0 Å². The molecule has 0 bridgehead atoms. The minimum Gasteiger partial charge on any atom is -0.496 e. The second kappa shape index (κ2) is 4.98. The lowest BCUT2D eigenvalue weighted by Gasteiger charge is -2.28. The summed E-state index contributed by atoms with van der Waals surface area (Å²) in [7, 11) is 1.62. The number of benzene rings is 1. The largest absolute Gasteiger partial charge is 0.496 e. The van der Waals surface area contributed by atoms with E-state index in [0.29, 0.717) is 0 Å². The first-order valence-electron chi connectivity index (χ1n) is 5.86. The molecule has 3 N–H and O–H groups in total. The van der Waals surface area contributed by atoms with Gasteiger partial charge in [-0.05, 0) is 44.4 Å². The van der Waals surface area contributed by atoms with Gasteiger partial charge in [0.25, 0.3) is 0 Å². The highest BCUT2D eigenvalue weighted by atomic mass is 16.5. The van der Waals surface area contributed by atoms with Crippen LogP contribution in [0.5, 0.6) is 5.75 Å². The number of aryl methyl sites for hydroxylation is 2. The highest BCUT2D eigenvalue weighted by molar-refractivity contribution is 5.75. The normalized spacial score (nSPS) is 13.2. The summed E-state index contributed by atoms with van der Waals surface area (Å²) in [4.78, 5) is 11.2. The molecular weight excluding hydrogens is 230 g/mol. The highest BCUT2D eigenvalue weighted by Gasteiger charge is 2.35. The smallest absolute Gasteiger partial charge is 0.311 e. The molecule has 4 heteroatoms. The van der Waals surface area contributed by atoms with Crippen molar-refractivity contribution >= 4 is 5.97 Å². The predicted molar refractivity (Wildman–Crippen MR) is 70.8 cm³/mol. The number of rotatable bonds is 4. The Bertz CT molecular complexity index is 443. The maximum Gasteiger partial charge on any atom is 0.311 e. The lowest BCUT2D eigenvalue weighted by molar-refractivity contribution is -0.148. The molecule has 0 fully saturated rings. The number of hydrogen-bond acceptors (Lipinski definition) is 3. The summed E-state index contributed by atoms with van der Waals surface area (Å²) in [6.45, 7) is 7.12. The molecule has 1 rings (SSSR count). The summed E-state index contributed by atoms with van der Waals surface area (Å²) in [6, 6.07) is 3.22. The van der Waals surface area contributed by atoms with Gasteiger partial charge in [0.05, 0.1) is 12.5 Å². The summed E-state index contributed by atoms with van der Waals surface area (Å²) in [5.74, 6) is -0.0831. The number of nitrogens with two attached hydrogens (primary N) is 1. The van der Waals surface area contributed by atoms with Crippen LogP contribution in [0.2, 0.25) is 0 Å². The molecule has 100 valence electrons. The van der Waals surface area contributed by atoms with Crippen molar-refractivity contribution in [3.05, 3.63) is 28.8 Å². The maximum atomic E-state index is 11.2.